The highest BCUT2D eigenvalue weighted by Crippen LogP contribution is 2.22. The molecule has 0 bridgehead atoms. The number of Topliss-reactive ketones (excluding diaryl/α,β-unsaturated/α-hetero) is 1. The summed E-state index contributed by atoms with van der Waals surface area (Å²) in [7, 11) is 1.54. The number of aryl methyl sites for hydroxylation is 1. The number of hydrogen-bond donors (Lipinski definition) is 0. The smallest absolute Gasteiger partial charge is 0.189 e. The molecule has 0 saturated heterocycles. The van der Waals surface area contributed by atoms with Crippen LogP contribution in [0.4, 0.5) is 0 Å². The summed E-state index contributed by atoms with van der Waals surface area (Å²) >= 11 is 0. The summed E-state index contributed by atoms with van der Waals surface area (Å²) in [6.07, 6.45) is 0. The number of fused-ring (bicyclic) bond motifs is 1. The highest BCUT2D eigenvalue weighted by Gasteiger charge is 2.12. The molecule has 2 aromatic carbocycles. The second-order valence-corrected chi connectivity index (χ2v) is 3.83. The third kappa shape index (κ3) is 1.84. The minimum Gasteiger partial charge on any atom is -0.377 e. The normalized spacial score (nSPS) is 10.6. The van der Waals surface area contributed by atoms with Gasteiger partial charge in [-0.15, -0.1) is 0 Å². The standard InChI is InChI=1S/C14H14O2/c1-10-7-8-11-5-3-4-6-12(11)14(10)13(15)9-16-2/h3-8H,9H2,1-2H3. The predicted octanol–water partition coefficient (Wildman–Crippen LogP) is 2.98. The largest absolute Gasteiger partial charge is 0.377 e. The van der Waals surface area contributed by atoms with E-state index in [1.54, 1.807) is 7.11 Å². The quantitative estimate of drug-likeness (QED) is 0.734. The number of benzene rings is 2. The molecule has 0 atom stereocenters. The van der Waals surface area contributed by atoms with E-state index in [9.17, 15) is 4.79 Å². The summed E-state index contributed by atoms with van der Waals surface area (Å²) in [5, 5.41) is 2.09. The van der Waals surface area contributed by atoms with Crippen LogP contribution in [0.25, 0.3) is 10.8 Å². The average molecular weight is 214 g/mol. The van der Waals surface area contributed by atoms with Crippen molar-refractivity contribution >= 4 is 16.6 Å². The molecule has 0 amide bonds. The van der Waals surface area contributed by atoms with Crippen LogP contribution in [0.1, 0.15) is 15.9 Å². The van der Waals surface area contributed by atoms with E-state index in [-0.39, 0.29) is 12.4 Å². The topological polar surface area (TPSA) is 26.3 Å². The number of hydrogen-bond acceptors (Lipinski definition) is 2. The van der Waals surface area contributed by atoms with Crippen molar-refractivity contribution in [2.75, 3.05) is 13.7 Å². The van der Waals surface area contributed by atoms with Crippen molar-refractivity contribution in [3.8, 4) is 0 Å². The van der Waals surface area contributed by atoms with Gasteiger partial charge in [0.05, 0.1) is 0 Å². The fourth-order valence-electron chi connectivity index (χ4n) is 1.95. The van der Waals surface area contributed by atoms with Crippen LogP contribution < -0.4 is 0 Å². The van der Waals surface area contributed by atoms with E-state index in [1.165, 1.54) is 0 Å². The molecule has 0 aromatic heterocycles. The molecule has 0 saturated carbocycles. The lowest BCUT2D eigenvalue weighted by Crippen LogP contribution is -2.09. The molecule has 0 spiro atoms. The Kier molecular flexibility index (Phi) is 3.02. The minimum absolute atomic E-state index is 0.0387. The Labute approximate surface area is 94.8 Å². The lowest BCUT2D eigenvalue weighted by Gasteiger charge is -2.08. The number of ether oxygens (including phenoxy) is 1. The summed E-state index contributed by atoms with van der Waals surface area (Å²) in [5.74, 6) is 0.0387. The fourth-order valence-corrected chi connectivity index (χ4v) is 1.95. The molecule has 2 heteroatoms. The first-order valence-corrected chi connectivity index (χ1v) is 5.24. The van der Waals surface area contributed by atoms with Crippen molar-refractivity contribution in [1.82, 2.24) is 0 Å². The zero-order valence-electron chi connectivity index (χ0n) is 9.49. The Morgan fingerprint density at radius 2 is 1.94 bits per heavy atom. The fraction of sp³-hybridized carbons (Fsp3) is 0.214. The monoisotopic (exact) mass is 214 g/mol. The number of methoxy groups -OCH3 is 1. The van der Waals surface area contributed by atoms with E-state index in [4.69, 9.17) is 4.74 Å². The minimum atomic E-state index is 0.0387. The van der Waals surface area contributed by atoms with Crippen molar-refractivity contribution in [3.63, 3.8) is 0 Å². The molecule has 16 heavy (non-hydrogen) atoms. The van der Waals surface area contributed by atoms with Gasteiger partial charge >= 0.3 is 0 Å². The number of carbonyl (C=O) groups excluding carboxylic acids is 1. The molecule has 0 fully saturated rings. The van der Waals surface area contributed by atoms with Gasteiger partial charge in [-0.3, -0.25) is 4.79 Å². The zero-order valence-corrected chi connectivity index (χ0v) is 9.49. The molecule has 0 aliphatic rings. The van der Waals surface area contributed by atoms with Gasteiger partial charge in [0.15, 0.2) is 5.78 Å². The molecule has 0 heterocycles. The van der Waals surface area contributed by atoms with Gasteiger partial charge in [0, 0.05) is 12.7 Å². The van der Waals surface area contributed by atoms with Gasteiger partial charge in [-0.1, -0.05) is 36.4 Å². The lowest BCUT2D eigenvalue weighted by molar-refractivity contribution is 0.0849. The Hall–Kier alpha value is -1.67. The van der Waals surface area contributed by atoms with Crippen LogP contribution in [-0.4, -0.2) is 19.5 Å². The Balaban J connectivity index is 2.66. The maximum Gasteiger partial charge on any atom is 0.189 e. The Bertz CT molecular complexity index is 529. The predicted molar refractivity (Wildman–Crippen MR) is 64.9 cm³/mol. The molecule has 0 aliphatic heterocycles. The van der Waals surface area contributed by atoms with Crippen LogP contribution in [0.2, 0.25) is 0 Å². The first kappa shape index (κ1) is 10.8. The maximum atomic E-state index is 12.0. The van der Waals surface area contributed by atoms with E-state index in [1.807, 2.05) is 43.3 Å². The van der Waals surface area contributed by atoms with E-state index in [0.29, 0.717) is 0 Å². The van der Waals surface area contributed by atoms with Crippen molar-refractivity contribution < 1.29 is 9.53 Å². The first-order valence-electron chi connectivity index (χ1n) is 5.24. The van der Waals surface area contributed by atoms with Crippen molar-refractivity contribution in [1.29, 1.82) is 0 Å². The second-order valence-electron chi connectivity index (χ2n) is 3.83. The SMILES string of the molecule is COCC(=O)c1c(C)ccc2ccccc12. The highest BCUT2D eigenvalue weighted by atomic mass is 16.5. The maximum absolute atomic E-state index is 12.0. The first-order chi connectivity index (χ1) is 7.74. The third-order valence-electron chi connectivity index (χ3n) is 2.69. The van der Waals surface area contributed by atoms with E-state index < -0.39 is 0 Å². The number of ketones is 1. The molecule has 2 aromatic rings. The van der Waals surface area contributed by atoms with Gasteiger partial charge in [-0.25, -0.2) is 0 Å². The Morgan fingerprint density at radius 3 is 2.69 bits per heavy atom. The van der Waals surface area contributed by atoms with Gasteiger partial charge in [0.1, 0.15) is 6.61 Å². The van der Waals surface area contributed by atoms with E-state index >= 15 is 0 Å². The van der Waals surface area contributed by atoms with E-state index in [2.05, 4.69) is 0 Å². The van der Waals surface area contributed by atoms with Crippen LogP contribution in [0.5, 0.6) is 0 Å². The molecule has 0 N–H and O–H groups in total. The zero-order chi connectivity index (χ0) is 11.5. The van der Waals surface area contributed by atoms with Gasteiger partial charge in [0.2, 0.25) is 0 Å². The molecule has 2 rings (SSSR count). The summed E-state index contributed by atoms with van der Waals surface area (Å²) in [5.41, 5.74) is 1.78. The van der Waals surface area contributed by atoms with Crippen molar-refractivity contribution in [2.45, 2.75) is 6.92 Å². The summed E-state index contributed by atoms with van der Waals surface area (Å²) in [6.45, 7) is 2.09. The molecule has 0 aliphatic carbocycles. The third-order valence-corrected chi connectivity index (χ3v) is 2.69. The van der Waals surface area contributed by atoms with Gasteiger partial charge < -0.3 is 4.74 Å². The highest BCUT2D eigenvalue weighted by molar-refractivity contribution is 6.09. The van der Waals surface area contributed by atoms with Gasteiger partial charge in [-0.2, -0.15) is 0 Å². The molecule has 0 radical (unpaired) electrons. The van der Waals surface area contributed by atoms with Crippen molar-refractivity contribution in [2.24, 2.45) is 0 Å². The van der Waals surface area contributed by atoms with Crippen LogP contribution in [0, 0.1) is 6.92 Å². The van der Waals surface area contributed by atoms with Gasteiger partial charge in [0.25, 0.3) is 0 Å². The van der Waals surface area contributed by atoms with E-state index in [0.717, 1.165) is 21.9 Å². The summed E-state index contributed by atoms with van der Waals surface area (Å²) < 4.78 is 4.91. The van der Waals surface area contributed by atoms with Crippen LogP contribution in [0.3, 0.4) is 0 Å². The summed E-state index contributed by atoms with van der Waals surface area (Å²) in [4.78, 5) is 12.0. The molecule has 0 unspecified atom stereocenters. The Morgan fingerprint density at radius 1 is 1.19 bits per heavy atom. The molecule has 2 nitrogen and oxygen atoms in total. The summed E-state index contributed by atoms with van der Waals surface area (Å²) in [6, 6.07) is 11.9. The molecular weight excluding hydrogens is 200 g/mol. The lowest BCUT2D eigenvalue weighted by atomic mass is 9.97. The van der Waals surface area contributed by atoms with Crippen molar-refractivity contribution in [3.05, 3.63) is 47.5 Å². The molecule has 82 valence electrons. The number of carbonyl (C=O) groups is 1. The van der Waals surface area contributed by atoms with Crippen LogP contribution in [0.15, 0.2) is 36.4 Å². The second kappa shape index (κ2) is 4.45. The molecular formula is C14H14O2. The average Bonchev–Trinajstić information content (AvgIpc) is 2.29. The number of rotatable bonds is 3. The van der Waals surface area contributed by atoms with Crippen LogP contribution in [-0.2, 0) is 4.74 Å². The van der Waals surface area contributed by atoms with Crippen LogP contribution >= 0.6 is 0 Å². The van der Waals surface area contributed by atoms with Gasteiger partial charge in [-0.05, 0) is 23.3 Å².